The van der Waals surface area contributed by atoms with Crippen LogP contribution in [0.1, 0.15) is 20.3 Å². The van der Waals surface area contributed by atoms with Gasteiger partial charge in [-0.2, -0.15) is 0 Å². The molecule has 0 aliphatic heterocycles. The van der Waals surface area contributed by atoms with E-state index in [2.05, 4.69) is 23.7 Å². The van der Waals surface area contributed by atoms with Gasteiger partial charge in [0.1, 0.15) is 11.6 Å². The van der Waals surface area contributed by atoms with Gasteiger partial charge in [-0.1, -0.05) is 19.9 Å². The van der Waals surface area contributed by atoms with Crippen LogP contribution >= 0.6 is 0 Å². The average molecular weight is 286 g/mol. The van der Waals surface area contributed by atoms with Crippen LogP contribution in [0.4, 0.5) is 5.82 Å². The summed E-state index contributed by atoms with van der Waals surface area (Å²) in [7, 11) is 0. The SMILES string of the molecule is CC(C)CN(CCC(=N)N)c1nccc2ccc(O)cc12. The van der Waals surface area contributed by atoms with Crippen molar-refractivity contribution in [3.63, 3.8) is 0 Å². The van der Waals surface area contributed by atoms with Crippen LogP contribution in [0, 0.1) is 11.3 Å². The first-order valence-electron chi connectivity index (χ1n) is 7.13. The third-order valence-corrected chi connectivity index (χ3v) is 3.26. The molecule has 4 N–H and O–H groups in total. The largest absolute Gasteiger partial charge is 0.508 e. The van der Waals surface area contributed by atoms with Crippen molar-refractivity contribution < 1.29 is 5.11 Å². The zero-order valence-electron chi connectivity index (χ0n) is 12.5. The van der Waals surface area contributed by atoms with Crippen LogP contribution in [0.15, 0.2) is 30.5 Å². The number of anilines is 1. The summed E-state index contributed by atoms with van der Waals surface area (Å²) in [6.07, 6.45) is 2.28. The Balaban J connectivity index is 2.42. The number of pyridine rings is 1. The van der Waals surface area contributed by atoms with E-state index in [1.165, 1.54) is 0 Å². The minimum atomic E-state index is 0.173. The number of hydrogen-bond acceptors (Lipinski definition) is 4. The van der Waals surface area contributed by atoms with Gasteiger partial charge in [-0.05, 0) is 29.5 Å². The van der Waals surface area contributed by atoms with E-state index in [0.717, 1.165) is 23.1 Å². The standard InChI is InChI=1S/C16H22N4O/c1-11(2)10-20(8-6-15(17)18)16-14-9-13(21)4-3-12(14)5-7-19-16/h3-5,7,9,11,21H,6,8,10H2,1-2H3,(H3,17,18). The van der Waals surface area contributed by atoms with Crippen LogP contribution in [0.25, 0.3) is 10.8 Å². The number of amidine groups is 1. The predicted octanol–water partition coefficient (Wildman–Crippen LogP) is 2.73. The van der Waals surface area contributed by atoms with Crippen molar-refractivity contribution in [2.24, 2.45) is 11.7 Å². The lowest BCUT2D eigenvalue weighted by Gasteiger charge is -2.26. The van der Waals surface area contributed by atoms with Crippen molar-refractivity contribution in [2.45, 2.75) is 20.3 Å². The van der Waals surface area contributed by atoms with E-state index in [0.29, 0.717) is 18.9 Å². The van der Waals surface area contributed by atoms with Gasteiger partial charge in [0, 0.05) is 31.1 Å². The second-order valence-electron chi connectivity index (χ2n) is 5.66. The van der Waals surface area contributed by atoms with Gasteiger partial charge < -0.3 is 15.7 Å². The van der Waals surface area contributed by atoms with Gasteiger partial charge in [-0.15, -0.1) is 0 Å². The quantitative estimate of drug-likeness (QED) is 0.563. The van der Waals surface area contributed by atoms with E-state index in [1.807, 2.05) is 12.1 Å². The van der Waals surface area contributed by atoms with E-state index in [1.54, 1.807) is 18.3 Å². The summed E-state index contributed by atoms with van der Waals surface area (Å²) in [6, 6.07) is 7.22. The number of rotatable bonds is 6. The van der Waals surface area contributed by atoms with E-state index in [-0.39, 0.29) is 11.6 Å². The zero-order valence-corrected chi connectivity index (χ0v) is 12.5. The molecule has 0 saturated carbocycles. The Morgan fingerprint density at radius 3 is 2.81 bits per heavy atom. The number of nitrogens with zero attached hydrogens (tertiary/aromatic N) is 2. The van der Waals surface area contributed by atoms with Crippen molar-refractivity contribution in [1.82, 2.24) is 4.98 Å². The van der Waals surface area contributed by atoms with Crippen LogP contribution in [0.5, 0.6) is 5.75 Å². The number of phenols is 1. The van der Waals surface area contributed by atoms with Crippen LogP contribution in [-0.4, -0.2) is 29.0 Å². The Kier molecular flexibility index (Phi) is 4.62. The summed E-state index contributed by atoms with van der Waals surface area (Å²) in [5.74, 6) is 1.70. The molecule has 0 radical (unpaired) electrons. The van der Waals surface area contributed by atoms with Crippen molar-refractivity contribution in [3.8, 4) is 5.75 Å². The molecular weight excluding hydrogens is 264 g/mol. The van der Waals surface area contributed by atoms with Crippen molar-refractivity contribution >= 4 is 22.4 Å². The van der Waals surface area contributed by atoms with Crippen LogP contribution in [0.3, 0.4) is 0 Å². The molecule has 1 aromatic carbocycles. The molecule has 0 aliphatic carbocycles. The molecule has 21 heavy (non-hydrogen) atoms. The fourth-order valence-corrected chi connectivity index (χ4v) is 2.37. The predicted molar refractivity (Wildman–Crippen MR) is 87.0 cm³/mol. The highest BCUT2D eigenvalue weighted by molar-refractivity contribution is 5.93. The molecule has 0 saturated heterocycles. The lowest BCUT2D eigenvalue weighted by atomic mass is 10.1. The van der Waals surface area contributed by atoms with E-state index in [9.17, 15) is 5.11 Å². The minimum absolute atomic E-state index is 0.173. The lowest BCUT2D eigenvalue weighted by Crippen LogP contribution is -2.32. The van der Waals surface area contributed by atoms with E-state index >= 15 is 0 Å². The summed E-state index contributed by atoms with van der Waals surface area (Å²) in [6.45, 7) is 5.76. The summed E-state index contributed by atoms with van der Waals surface area (Å²) in [4.78, 5) is 6.62. The molecule has 0 aliphatic rings. The molecular formula is C16H22N4O. The molecule has 0 spiro atoms. The Morgan fingerprint density at radius 1 is 1.38 bits per heavy atom. The smallest absolute Gasteiger partial charge is 0.136 e. The van der Waals surface area contributed by atoms with Gasteiger partial charge in [0.2, 0.25) is 0 Å². The maximum Gasteiger partial charge on any atom is 0.136 e. The molecule has 1 heterocycles. The number of hydrogen-bond donors (Lipinski definition) is 3. The third kappa shape index (κ3) is 3.84. The molecule has 0 amide bonds. The fourth-order valence-electron chi connectivity index (χ4n) is 2.37. The van der Waals surface area contributed by atoms with Crippen LogP contribution < -0.4 is 10.6 Å². The average Bonchev–Trinajstić information content (AvgIpc) is 2.42. The van der Waals surface area contributed by atoms with Crippen molar-refractivity contribution in [3.05, 3.63) is 30.5 Å². The van der Waals surface area contributed by atoms with E-state index in [4.69, 9.17) is 11.1 Å². The fraction of sp³-hybridized carbons (Fsp3) is 0.375. The number of nitrogens with one attached hydrogen (secondary N) is 1. The Labute approximate surface area is 124 Å². The molecule has 0 bridgehead atoms. The minimum Gasteiger partial charge on any atom is -0.508 e. The molecule has 0 atom stereocenters. The molecule has 2 rings (SSSR count). The van der Waals surface area contributed by atoms with Crippen molar-refractivity contribution in [2.75, 3.05) is 18.0 Å². The molecule has 1 aromatic heterocycles. The zero-order chi connectivity index (χ0) is 15.4. The highest BCUT2D eigenvalue weighted by Crippen LogP contribution is 2.28. The normalized spacial score (nSPS) is 11.0. The summed E-state index contributed by atoms with van der Waals surface area (Å²) < 4.78 is 0. The molecule has 0 unspecified atom stereocenters. The van der Waals surface area contributed by atoms with Gasteiger partial charge in [0.15, 0.2) is 0 Å². The second-order valence-corrected chi connectivity index (χ2v) is 5.66. The molecule has 112 valence electrons. The Bertz CT molecular complexity index is 639. The molecule has 5 heteroatoms. The summed E-state index contributed by atoms with van der Waals surface area (Å²) >= 11 is 0. The van der Waals surface area contributed by atoms with Crippen LogP contribution in [-0.2, 0) is 0 Å². The monoisotopic (exact) mass is 286 g/mol. The summed E-state index contributed by atoms with van der Waals surface area (Å²) in [5, 5.41) is 19.1. The number of phenolic OH excluding ortho intramolecular Hbond substituents is 1. The highest BCUT2D eigenvalue weighted by Gasteiger charge is 2.14. The van der Waals surface area contributed by atoms with Crippen molar-refractivity contribution in [1.29, 1.82) is 5.41 Å². The summed E-state index contributed by atoms with van der Waals surface area (Å²) in [5.41, 5.74) is 5.48. The topological polar surface area (TPSA) is 86.2 Å². The van der Waals surface area contributed by atoms with E-state index < -0.39 is 0 Å². The van der Waals surface area contributed by atoms with Crippen LogP contribution in [0.2, 0.25) is 0 Å². The molecule has 5 nitrogen and oxygen atoms in total. The maximum atomic E-state index is 9.74. The third-order valence-electron chi connectivity index (χ3n) is 3.26. The number of fused-ring (bicyclic) bond motifs is 1. The number of benzene rings is 1. The molecule has 0 fully saturated rings. The Morgan fingerprint density at radius 2 is 2.14 bits per heavy atom. The second kappa shape index (κ2) is 6.43. The number of aromatic nitrogens is 1. The first kappa shape index (κ1) is 15.1. The van der Waals surface area contributed by atoms with Gasteiger partial charge in [-0.25, -0.2) is 4.98 Å². The highest BCUT2D eigenvalue weighted by atomic mass is 16.3. The van der Waals surface area contributed by atoms with Gasteiger partial charge in [-0.3, -0.25) is 5.41 Å². The first-order valence-corrected chi connectivity index (χ1v) is 7.13. The molecule has 2 aromatic rings. The Hall–Kier alpha value is -2.30. The lowest BCUT2D eigenvalue weighted by molar-refractivity contribution is 0.476. The number of aromatic hydroxyl groups is 1. The maximum absolute atomic E-state index is 9.74. The van der Waals surface area contributed by atoms with Gasteiger partial charge in [0.25, 0.3) is 0 Å². The first-order chi connectivity index (χ1) is 9.97. The van der Waals surface area contributed by atoms with Gasteiger partial charge in [0.05, 0.1) is 5.84 Å². The number of nitrogens with two attached hydrogens (primary N) is 1. The van der Waals surface area contributed by atoms with Gasteiger partial charge >= 0.3 is 0 Å².